The summed E-state index contributed by atoms with van der Waals surface area (Å²) in [5.41, 5.74) is 3.95. The number of aromatic nitrogens is 1. The Morgan fingerprint density at radius 2 is 1.86 bits per heavy atom. The van der Waals surface area contributed by atoms with Crippen LogP contribution in [0.5, 0.6) is 0 Å². The maximum Gasteiger partial charge on any atom is 0.419 e. The highest BCUT2D eigenvalue weighted by atomic mass is 19.4. The number of hydrogen-bond donors (Lipinski definition) is 1. The number of alkyl halides is 3. The number of methoxy groups -OCH3 is 1. The summed E-state index contributed by atoms with van der Waals surface area (Å²) < 4.78 is 46.1. The average Bonchev–Trinajstić information content (AvgIpc) is 2.71. The number of nitrogens with two attached hydrogens (primary N) is 1. The van der Waals surface area contributed by atoms with E-state index >= 15 is 0 Å². The lowest BCUT2D eigenvalue weighted by Gasteiger charge is -2.27. The van der Waals surface area contributed by atoms with Gasteiger partial charge in [0.25, 0.3) is 0 Å². The number of nitrogens with zero attached hydrogens (tertiary/aromatic N) is 1. The van der Waals surface area contributed by atoms with Crippen LogP contribution in [-0.4, -0.2) is 17.6 Å². The number of carbonyl (C=O) groups is 1. The molecule has 0 spiro atoms. The fourth-order valence-electron chi connectivity index (χ4n) is 2.83. The summed E-state index contributed by atoms with van der Waals surface area (Å²) in [6.07, 6.45) is -4.57. The summed E-state index contributed by atoms with van der Waals surface area (Å²) in [5, 5.41) is -0.0259. The highest BCUT2D eigenvalue weighted by molar-refractivity contribution is 5.92. The van der Waals surface area contributed by atoms with E-state index < -0.39 is 23.2 Å². The van der Waals surface area contributed by atoms with Crippen molar-refractivity contribution < 1.29 is 22.7 Å². The third-order valence-corrected chi connectivity index (χ3v) is 3.73. The molecule has 0 atom stereocenters. The van der Waals surface area contributed by atoms with Crippen molar-refractivity contribution in [3.63, 3.8) is 0 Å². The summed E-state index contributed by atoms with van der Waals surface area (Å²) in [5.74, 6) is -0.543. The van der Waals surface area contributed by atoms with Crippen molar-refractivity contribution in [1.29, 1.82) is 0 Å². The second-order valence-corrected chi connectivity index (χ2v) is 5.63. The third-order valence-electron chi connectivity index (χ3n) is 3.73. The van der Waals surface area contributed by atoms with Crippen LogP contribution in [0.2, 0.25) is 0 Å². The summed E-state index contributed by atoms with van der Waals surface area (Å²) in [6, 6.07) is 4.07. The normalized spacial score (nSPS) is 12.7. The predicted octanol–water partition coefficient (Wildman–Crippen LogP) is 3.46. The van der Waals surface area contributed by atoms with Gasteiger partial charge in [-0.15, -0.1) is 0 Å². The Kier molecular flexibility index (Phi) is 3.63. The lowest BCUT2D eigenvalue weighted by Crippen LogP contribution is -2.37. The molecule has 0 saturated heterocycles. The van der Waals surface area contributed by atoms with Crippen molar-refractivity contribution in [3.8, 4) is 0 Å². The van der Waals surface area contributed by atoms with Crippen molar-refractivity contribution in [2.24, 2.45) is 0 Å². The van der Waals surface area contributed by atoms with Crippen molar-refractivity contribution >= 4 is 22.6 Å². The molecule has 0 saturated carbocycles. The molecule has 0 aliphatic carbocycles. The molecule has 0 radical (unpaired) electrons. The number of ether oxygens (including phenoxy) is 1. The molecule has 0 aliphatic heterocycles. The zero-order valence-corrected chi connectivity index (χ0v) is 12.7. The fourth-order valence-corrected chi connectivity index (χ4v) is 2.83. The van der Waals surface area contributed by atoms with E-state index in [-0.39, 0.29) is 16.6 Å². The van der Waals surface area contributed by atoms with Crippen LogP contribution in [0.3, 0.4) is 0 Å². The molecule has 0 bridgehead atoms. The van der Waals surface area contributed by atoms with Gasteiger partial charge in [0, 0.05) is 22.3 Å². The second kappa shape index (κ2) is 4.93. The zero-order valence-electron chi connectivity index (χ0n) is 12.7. The Morgan fingerprint density at radius 3 is 2.36 bits per heavy atom. The highest BCUT2D eigenvalue weighted by Gasteiger charge is 2.38. The molecular formula is C15H17F3N2O2. The number of aryl methyl sites for hydroxylation is 1. The van der Waals surface area contributed by atoms with Gasteiger partial charge in [0.1, 0.15) is 5.54 Å². The molecule has 7 heteroatoms. The largest absolute Gasteiger partial charge is 0.467 e. The van der Waals surface area contributed by atoms with E-state index in [2.05, 4.69) is 0 Å². The quantitative estimate of drug-likeness (QED) is 0.682. The Bertz CT molecular complexity index is 745. The van der Waals surface area contributed by atoms with E-state index in [0.29, 0.717) is 5.69 Å². The van der Waals surface area contributed by atoms with Crippen LogP contribution in [0.25, 0.3) is 10.9 Å². The number of anilines is 1. The van der Waals surface area contributed by atoms with Gasteiger partial charge in [0.15, 0.2) is 0 Å². The van der Waals surface area contributed by atoms with Crippen LogP contribution < -0.4 is 5.73 Å². The van der Waals surface area contributed by atoms with Crippen molar-refractivity contribution in [3.05, 3.63) is 29.5 Å². The van der Waals surface area contributed by atoms with E-state index in [1.165, 1.54) is 29.9 Å². The Balaban J connectivity index is 2.86. The number of nitrogen functional groups attached to an aromatic ring is 1. The topological polar surface area (TPSA) is 57.2 Å². The van der Waals surface area contributed by atoms with Crippen LogP contribution in [-0.2, 0) is 21.2 Å². The van der Waals surface area contributed by atoms with Gasteiger partial charge in [-0.1, -0.05) is 0 Å². The summed E-state index contributed by atoms with van der Waals surface area (Å²) in [7, 11) is 1.24. The molecule has 1 heterocycles. The molecule has 2 aromatic rings. The number of benzene rings is 1. The summed E-state index contributed by atoms with van der Waals surface area (Å²) >= 11 is 0. The molecule has 0 aliphatic rings. The van der Waals surface area contributed by atoms with Gasteiger partial charge in [0.05, 0.1) is 12.7 Å². The first-order valence-corrected chi connectivity index (χ1v) is 6.58. The minimum atomic E-state index is -4.57. The van der Waals surface area contributed by atoms with Gasteiger partial charge >= 0.3 is 12.1 Å². The number of esters is 1. The first kappa shape index (κ1) is 16.2. The van der Waals surface area contributed by atoms with Crippen LogP contribution in [0.4, 0.5) is 18.9 Å². The molecule has 2 N–H and O–H groups in total. The number of carbonyl (C=O) groups excluding carboxylic acids is 1. The van der Waals surface area contributed by atoms with Gasteiger partial charge in [0.2, 0.25) is 0 Å². The van der Waals surface area contributed by atoms with Crippen LogP contribution >= 0.6 is 0 Å². The first-order valence-electron chi connectivity index (χ1n) is 6.58. The lowest BCUT2D eigenvalue weighted by atomic mass is 10.0. The Morgan fingerprint density at radius 1 is 1.27 bits per heavy atom. The Hall–Kier alpha value is -2.18. The first-order chi connectivity index (χ1) is 10.0. The van der Waals surface area contributed by atoms with Crippen molar-refractivity contribution in [1.82, 2.24) is 4.57 Å². The standard InChI is InChI=1S/C15H17F3N2O2/c1-8-7-9-11(20(8)14(2,3)13(21)22-4)6-5-10(19)12(9)15(16,17)18/h5-7H,19H2,1-4H3. The minimum absolute atomic E-state index is 0.0259. The molecular weight excluding hydrogens is 297 g/mol. The molecule has 120 valence electrons. The second-order valence-electron chi connectivity index (χ2n) is 5.63. The zero-order chi connectivity index (χ0) is 16.9. The molecule has 1 aromatic heterocycles. The van der Waals surface area contributed by atoms with Gasteiger partial charge in [-0.05, 0) is 39.0 Å². The van der Waals surface area contributed by atoms with E-state index in [0.717, 1.165) is 0 Å². The molecule has 0 fully saturated rings. The van der Waals surface area contributed by atoms with E-state index in [1.54, 1.807) is 20.8 Å². The smallest absolute Gasteiger partial charge is 0.419 e. The molecule has 0 unspecified atom stereocenters. The lowest BCUT2D eigenvalue weighted by molar-refractivity contribution is -0.149. The van der Waals surface area contributed by atoms with E-state index in [1.807, 2.05) is 0 Å². The maximum atomic E-state index is 13.3. The van der Waals surface area contributed by atoms with Gasteiger partial charge in [-0.3, -0.25) is 0 Å². The van der Waals surface area contributed by atoms with Crippen molar-refractivity contribution in [2.75, 3.05) is 12.8 Å². The molecule has 1 aromatic carbocycles. The van der Waals surface area contributed by atoms with Crippen LogP contribution in [0.15, 0.2) is 18.2 Å². The number of rotatable bonds is 2. The average molecular weight is 314 g/mol. The molecule has 22 heavy (non-hydrogen) atoms. The summed E-state index contributed by atoms with van der Waals surface area (Å²) in [4.78, 5) is 12.0. The van der Waals surface area contributed by atoms with Crippen LogP contribution in [0.1, 0.15) is 25.1 Å². The van der Waals surface area contributed by atoms with Gasteiger partial charge in [-0.2, -0.15) is 13.2 Å². The predicted molar refractivity (Wildman–Crippen MR) is 77.4 cm³/mol. The van der Waals surface area contributed by atoms with Crippen LogP contribution in [0, 0.1) is 6.92 Å². The third kappa shape index (κ3) is 2.30. The van der Waals surface area contributed by atoms with E-state index in [4.69, 9.17) is 10.5 Å². The molecule has 2 rings (SSSR count). The highest BCUT2D eigenvalue weighted by Crippen LogP contribution is 2.41. The number of halogens is 3. The van der Waals surface area contributed by atoms with Crippen molar-refractivity contribution in [2.45, 2.75) is 32.5 Å². The SMILES string of the molecule is COC(=O)C(C)(C)n1c(C)cc2c(C(F)(F)F)c(N)ccc21. The molecule has 0 amide bonds. The van der Waals surface area contributed by atoms with Gasteiger partial charge < -0.3 is 15.0 Å². The Labute approximate surface area is 125 Å². The summed E-state index contributed by atoms with van der Waals surface area (Å²) in [6.45, 7) is 4.82. The monoisotopic (exact) mass is 314 g/mol. The number of fused-ring (bicyclic) bond motifs is 1. The fraction of sp³-hybridized carbons (Fsp3) is 0.400. The maximum absolute atomic E-state index is 13.3. The molecule has 4 nitrogen and oxygen atoms in total. The minimum Gasteiger partial charge on any atom is -0.467 e. The van der Waals surface area contributed by atoms with Gasteiger partial charge in [-0.25, -0.2) is 4.79 Å². The number of hydrogen-bond acceptors (Lipinski definition) is 3. The van der Waals surface area contributed by atoms with E-state index in [9.17, 15) is 18.0 Å².